The Balaban J connectivity index is 2.06. The van der Waals surface area contributed by atoms with Crippen LogP contribution in [-0.4, -0.2) is 18.6 Å². The van der Waals surface area contributed by atoms with Crippen LogP contribution in [0.1, 0.15) is 18.9 Å². The van der Waals surface area contributed by atoms with Gasteiger partial charge in [0.1, 0.15) is 5.82 Å². The zero-order chi connectivity index (χ0) is 13.1. The van der Waals surface area contributed by atoms with Crippen LogP contribution in [0.2, 0.25) is 0 Å². The summed E-state index contributed by atoms with van der Waals surface area (Å²) < 4.78 is 18.9. The molecule has 1 aliphatic heterocycles. The molecule has 2 atom stereocenters. The third kappa shape index (κ3) is 2.66. The van der Waals surface area contributed by atoms with Crippen molar-refractivity contribution in [2.24, 2.45) is 5.92 Å². The van der Waals surface area contributed by atoms with Crippen LogP contribution in [0.25, 0.3) is 0 Å². The molecule has 0 aliphatic carbocycles. The van der Waals surface area contributed by atoms with Gasteiger partial charge in [-0.1, -0.05) is 0 Å². The molecule has 5 heteroatoms. The molecule has 0 radical (unpaired) electrons. The second kappa shape index (κ2) is 5.15. The number of nitriles is 1. The van der Waals surface area contributed by atoms with Gasteiger partial charge in [-0.15, -0.1) is 0 Å². The molecule has 1 heterocycles. The van der Waals surface area contributed by atoms with E-state index in [9.17, 15) is 9.18 Å². The Morgan fingerprint density at radius 3 is 2.94 bits per heavy atom. The molecule has 18 heavy (non-hydrogen) atoms. The molecular weight excluding hydrogens is 235 g/mol. The summed E-state index contributed by atoms with van der Waals surface area (Å²) in [6.45, 7) is 2.26. The van der Waals surface area contributed by atoms with Crippen molar-refractivity contribution in [2.45, 2.75) is 19.4 Å². The van der Waals surface area contributed by atoms with Gasteiger partial charge in [-0.25, -0.2) is 4.39 Å². The van der Waals surface area contributed by atoms with Gasteiger partial charge in [-0.2, -0.15) is 5.26 Å². The van der Waals surface area contributed by atoms with Crippen LogP contribution in [0.4, 0.5) is 10.1 Å². The number of nitrogens with zero attached hydrogens (tertiary/aromatic N) is 1. The molecule has 2 unspecified atom stereocenters. The highest BCUT2D eigenvalue weighted by molar-refractivity contribution is 5.93. The molecular formula is C13H13FN2O2. The van der Waals surface area contributed by atoms with Crippen LogP contribution in [0, 0.1) is 23.1 Å². The van der Waals surface area contributed by atoms with E-state index in [1.165, 1.54) is 12.1 Å². The van der Waals surface area contributed by atoms with Crippen molar-refractivity contribution in [1.82, 2.24) is 0 Å². The lowest BCUT2D eigenvalue weighted by Crippen LogP contribution is -2.23. The van der Waals surface area contributed by atoms with Crippen LogP contribution in [0.3, 0.4) is 0 Å². The first-order valence-electron chi connectivity index (χ1n) is 5.72. The SMILES string of the molecule is CC1CC(C(=O)Nc2ccc(C#N)cc2F)CO1. The summed E-state index contributed by atoms with van der Waals surface area (Å²) in [5, 5.41) is 11.1. The average molecular weight is 248 g/mol. The third-order valence-corrected chi connectivity index (χ3v) is 2.93. The average Bonchev–Trinajstić information content (AvgIpc) is 2.78. The predicted octanol–water partition coefficient (Wildman–Crippen LogP) is 2.06. The number of anilines is 1. The number of amides is 1. The zero-order valence-corrected chi connectivity index (χ0v) is 9.94. The number of carbonyl (C=O) groups is 1. The van der Waals surface area contributed by atoms with E-state index in [0.717, 1.165) is 6.07 Å². The number of rotatable bonds is 2. The van der Waals surface area contributed by atoms with Gasteiger partial charge in [-0.3, -0.25) is 4.79 Å². The van der Waals surface area contributed by atoms with Crippen molar-refractivity contribution in [1.29, 1.82) is 5.26 Å². The van der Waals surface area contributed by atoms with Gasteiger partial charge >= 0.3 is 0 Å². The van der Waals surface area contributed by atoms with E-state index < -0.39 is 5.82 Å². The maximum atomic E-state index is 13.6. The van der Waals surface area contributed by atoms with Crippen molar-refractivity contribution >= 4 is 11.6 Å². The van der Waals surface area contributed by atoms with E-state index in [-0.39, 0.29) is 29.2 Å². The summed E-state index contributed by atoms with van der Waals surface area (Å²) in [4.78, 5) is 11.8. The molecule has 1 aromatic rings. The maximum absolute atomic E-state index is 13.6. The fourth-order valence-electron chi connectivity index (χ4n) is 1.92. The normalized spacial score (nSPS) is 22.5. The molecule has 0 saturated carbocycles. The minimum atomic E-state index is -0.602. The molecule has 1 amide bonds. The minimum Gasteiger partial charge on any atom is -0.378 e. The zero-order valence-electron chi connectivity index (χ0n) is 9.94. The van der Waals surface area contributed by atoms with Crippen LogP contribution in [0.5, 0.6) is 0 Å². The Labute approximate surface area is 104 Å². The monoisotopic (exact) mass is 248 g/mol. The number of hydrogen-bond donors (Lipinski definition) is 1. The van der Waals surface area contributed by atoms with Gasteiger partial charge in [0.25, 0.3) is 0 Å². The second-order valence-electron chi connectivity index (χ2n) is 4.37. The summed E-state index contributed by atoms with van der Waals surface area (Å²) in [6, 6.07) is 5.80. The molecule has 1 aromatic carbocycles. The molecule has 0 bridgehead atoms. The number of hydrogen-bond acceptors (Lipinski definition) is 3. The van der Waals surface area contributed by atoms with E-state index in [4.69, 9.17) is 10.00 Å². The lowest BCUT2D eigenvalue weighted by atomic mass is 10.1. The van der Waals surface area contributed by atoms with E-state index in [0.29, 0.717) is 13.0 Å². The highest BCUT2D eigenvalue weighted by atomic mass is 19.1. The third-order valence-electron chi connectivity index (χ3n) is 2.93. The molecule has 94 valence electrons. The van der Waals surface area contributed by atoms with Crippen molar-refractivity contribution in [3.63, 3.8) is 0 Å². The molecule has 2 rings (SSSR count). The van der Waals surface area contributed by atoms with E-state index >= 15 is 0 Å². The Kier molecular flexibility index (Phi) is 3.58. The first-order chi connectivity index (χ1) is 8.60. The van der Waals surface area contributed by atoms with Gasteiger partial charge in [0.2, 0.25) is 5.91 Å². The molecule has 0 spiro atoms. The molecule has 1 saturated heterocycles. The maximum Gasteiger partial charge on any atom is 0.229 e. The second-order valence-corrected chi connectivity index (χ2v) is 4.37. The first kappa shape index (κ1) is 12.5. The molecule has 1 N–H and O–H groups in total. The largest absolute Gasteiger partial charge is 0.378 e. The molecule has 1 fully saturated rings. The first-order valence-corrected chi connectivity index (χ1v) is 5.72. The molecule has 0 aromatic heterocycles. The lowest BCUT2D eigenvalue weighted by molar-refractivity contribution is -0.119. The number of carbonyl (C=O) groups excluding carboxylic acids is 1. The summed E-state index contributed by atoms with van der Waals surface area (Å²) in [7, 11) is 0. The highest BCUT2D eigenvalue weighted by Gasteiger charge is 2.28. The van der Waals surface area contributed by atoms with E-state index in [1.54, 1.807) is 0 Å². The Bertz CT molecular complexity index is 510. The summed E-state index contributed by atoms with van der Waals surface area (Å²) in [6.07, 6.45) is 0.704. The molecule has 1 aliphatic rings. The summed E-state index contributed by atoms with van der Waals surface area (Å²) >= 11 is 0. The quantitative estimate of drug-likeness (QED) is 0.871. The molecule has 4 nitrogen and oxygen atoms in total. The van der Waals surface area contributed by atoms with E-state index in [2.05, 4.69) is 5.32 Å². The Morgan fingerprint density at radius 2 is 2.39 bits per heavy atom. The van der Waals surface area contributed by atoms with Crippen LogP contribution in [-0.2, 0) is 9.53 Å². The topological polar surface area (TPSA) is 62.1 Å². The number of halogens is 1. The number of benzene rings is 1. The highest BCUT2D eigenvalue weighted by Crippen LogP contribution is 2.22. The van der Waals surface area contributed by atoms with Crippen molar-refractivity contribution in [2.75, 3.05) is 11.9 Å². The van der Waals surface area contributed by atoms with Gasteiger partial charge in [0, 0.05) is 0 Å². The van der Waals surface area contributed by atoms with Gasteiger partial charge in [0.05, 0.1) is 35.9 Å². The lowest BCUT2D eigenvalue weighted by Gasteiger charge is -2.10. The minimum absolute atomic E-state index is 0.0616. The Morgan fingerprint density at radius 1 is 1.61 bits per heavy atom. The van der Waals surface area contributed by atoms with Crippen LogP contribution >= 0.6 is 0 Å². The van der Waals surface area contributed by atoms with Crippen LogP contribution < -0.4 is 5.32 Å². The number of ether oxygens (including phenoxy) is 1. The van der Waals surface area contributed by atoms with Gasteiger partial charge < -0.3 is 10.1 Å². The van der Waals surface area contributed by atoms with Crippen LogP contribution in [0.15, 0.2) is 18.2 Å². The smallest absolute Gasteiger partial charge is 0.229 e. The van der Waals surface area contributed by atoms with Gasteiger partial charge in [-0.05, 0) is 31.5 Å². The van der Waals surface area contributed by atoms with Gasteiger partial charge in [0.15, 0.2) is 0 Å². The number of nitrogens with one attached hydrogen (secondary N) is 1. The van der Waals surface area contributed by atoms with Crippen molar-refractivity contribution in [3.8, 4) is 6.07 Å². The predicted molar refractivity (Wildman–Crippen MR) is 63.3 cm³/mol. The fourth-order valence-corrected chi connectivity index (χ4v) is 1.92. The Hall–Kier alpha value is -1.93. The summed E-state index contributed by atoms with van der Waals surface area (Å²) in [5.74, 6) is -1.09. The summed E-state index contributed by atoms with van der Waals surface area (Å²) in [5.41, 5.74) is 0.321. The standard InChI is InChI=1S/C13H13FN2O2/c1-8-4-10(7-18-8)13(17)16-12-3-2-9(6-15)5-11(12)14/h2-3,5,8,10H,4,7H2,1H3,(H,16,17). The van der Waals surface area contributed by atoms with Crippen molar-refractivity contribution < 1.29 is 13.9 Å². The van der Waals surface area contributed by atoms with Crippen molar-refractivity contribution in [3.05, 3.63) is 29.6 Å². The fraction of sp³-hybridized carbons (Fsp3) is 0.385. The van der Waals surface area contributed by atoms with E-state index in [1.807, 2.05) is 13.0 Å².